The molecule has 27 heavy (non-hydrogen) atoms. The molecule has 3 rings (SSSR count). The Morgan fingerprint density at radius 2 is 2.04 bits per heavy atom. The first-order valence-corrected chi connectivity index (χ1v) is 9.47. The number of anilines is 1. The molecule has 2 heterocycles. The number of benzene rings is 1. The van der Waals surface area contributed by atoms with Gasteiger partial charge in [-0.15, -0.1) is 0 Å². The zero-order chi connectivity index (χ0) is 19.4. The lowest BCUT2D eigenvalue weighted by atomic mass is 10.0. The van der Waals surface area contributed by atoms with Gasteiger partial charge in [-0.05, 0) is 47.4 Å². The molecule has 1 N–H and O–H groups in total. The van der Waals surface area contributed by atoms with E-state index in [9.17, 15) is 4.79 Å². The summed E-state index contributed by atoms with van der Waals surface area (Å²) in [7, 11) is 1.67. The lowest BCUT2D eigenvalue weighted by Crippen LogP contribution is -2.31. The highest BCUT2D eigenvalue weighted by Crippen LogP contribution is 2.23. The SMILES string of the molecule is CNC(=O)C1CCN(c2nnnn2CC(C)Oc2ccc(C(C)C)cc2)C1. The first-order chi connectivity index (χ1) is 13.0. The molecular formula is C19H28N6O2. The Morgan fingerprint density at radius 3 is 2.70 bits per heavy atom. The lowest BCUT2D eigenvalue weighted by Gasteiger charge is -2.19. The highest BCUT2D eigenvalue weighted by atomic mass is 16.5. The van der Waals surface area contributed by atoms with E-state index in [2.05, 4.69) is 51.7 Å². The van der Waals surface area contributed by atoms with Crippen LogP contribution in [0, 0.1) is 5.92 Å². The molecule has 1 amide bonds. The van der Waals surface area contributed by atoms with Gasteiger partial charge >= 0.3 is 0 Å². The van der Waals surface area contributed by atoms with Gasteiger partial charge in [-0.2, -0.15) is 0 Å². The zero-order valence-corrected chi connectivity index (χ0v) is 16.4. The van der Waals surface area contributed by atoms with Crippen LogP contribution in [0.4, 0.5) is 5.95 Å². The summed E-state index contributed by atoms with van der Waals surface area (Å²) < 4.78 is 7.77. The van der Waals surface area contributed by atoms with Gasteiger partial charge < -0.3 is 15.0 Å². The van der Waals surface area contributed by atoms with E-state index >= 15 is 0 Å². The van der Waals surface area contributed by atoms with Gasteiger partial charge in [0.1, 0.15) is 11.9 Å². The Bertz CT molecular complexity index is 758. The lowest BCUT2D eigenvalue weighted by molar-refractivity contribution is -0.123. The topological polar surface area (TPSA) is 85.2 Å². The van der Waals surface area contributed by atoms with Gasteiger partial charge in [0.05, 0.1) is 12.5 Å². The summed E-state index contributed by atoms with van der Waals surface area (Å²) in [6.45, 7) is 8.28. The number of amides is 1. The molecule has 2 unspecified atom stereocenters. The summed E-state index contributed by atoms with van der Waals surface area (Å²) in [5, 5.41) is 14.8. The van der Waals surface area contributed by atoms with E-state index in [1.165, 1.54) is 5.56 Å². The molecule has 0 radical (unpaired) electrons. The molecule has 2 aromatic rings. The van der Waals surface area contributed by atoms with Gasteiger partial charge in [0.2, 0.25) is 11.9 Å². The second kappa shape index (κ2) is 8.37. The highest BCUT2D eigenvalue weighted by Gasteiger charge is 2.30. The first-order valence-electron chi connectivity index (χ1n) is 9.47. The second-order valence-corrected chi connectivity index (χ2v) is 7.36. The molecule has 2 atom stereocenters. The zero-order valence-electron chi connectivity index (χ0n) is 16.4. The maximum Gasteiger partial charge on any atom is 0.245 e. The highest BCUT2D eigenvalue weighted by molar-refractivity contribution is 5.79. The quantitative estimate of drug-likeness (QED) is 0.798. The van der Waals surface area contributed by atoms with Crippen LogP contribution in [0.2, 0.25) is 0 Å². The fourth-order valence-electron chi connectivity index (χ4n) is 3.35. The minimum Gasteiger partial charge on any atom is -0.489 e. The van der Waals surface area contributed by atoms with Gasteiger partial charge in [0.25, 0.3) is 0 Å². The van der Waals surface area contributed by atoms with Crippen LogP contribution in [0.5, 0.6) is 5.75 Å². The summed E-state index contributed by atoms with van der Waals surface area (Å²) in [6.07, 6.45) is 0.718. The molecule has 0 spiro atoms. The third-order valence-electron chi connectivity index (χ3n) is 4.92. The number of carbonyl (C=O) groups is 1. The largest absolute Gasteiger partial charge is 0.489 e. The summed E-state index contributed by atoms with van der Waals surface area (Å²) >= 11 is 0. The van der Waals surface area contributed by atoms with Crippen molar-refractivity contribution in [1.82, 2.24) is 25.5 Å². The normalized spacial score (nSPS) is 18.0. The van der Waals surface area contributed by atoms with E-state index in [4.69, 9.17) is 4.74 Å². The van der Waals surface area contributed by atoms with Gasteiger partial charge in [-0.3, -0.25) is 4.79 Å². The number of hydrogen-bond donors (Lipinski definition) is 1. The number of ether oxygens (including phenoxy) is 1. The van der Waals surface area contributed by atoms with Gasteiger partial charge in [0.15, 0.2) is 0 Å². The third kappa shape index (κ3) is 4.56. The summed E-state index contributed by atoms with van der Waals surface area (Å²) in [4.78, 5) is 13.9. The molecule has 0 bridgehead atoms. The molecule has 1 aromatic heterocycles. The fourth-order valence-corrected chi connectivity index (χ4v) is 3.35. The van der Waals surface area contributed by atoms with Crippen molar-refractivity contribution in [2.24, 2.45) is 5.92 Å². The number of aromatic nitrogens is 4. The van der Waals surface area contributed by atoms with E-state index in [-0.39, 0.29) is 17.9 Å². The maximum absolute atomic E-state index is 11.8. The average Bonchev–Trinajstić information content (AvgIpc) is 3.30. The molecule has 1 aliphatic rings. The van der Waals surface area contributed by atoms with Crippen LogP contribution in [0.15, 0.2) is 24.3 Å². The molecule has 8 heteroatoms. The Hall–Kier alpha value is -2.64. The minimum atomic E-state index is -0.0884. The van der Waals surface area contributed by atoms with Crippen LogP contribution < -0.4 is 15.0 Å². The number of nitrogens with zero attached hydrogens (tertiary/aromatic N) is 5. The van der Waals surface area contributed by atoms with Crippen LogP contribution in [0.3, 0.4) is 0 Å². The third-order valence-corrected chi connectivity index (χ3v) is 4.92. The summed E-state index contributed by atoms with van der Waals surface area (Å²) in [6, 6.07) is 8.19. The Balaban J connectivity index is 1.60. The molecule has 146 valence electrons. The number of carbonyl (C=O) groups excluding carboxylic acids is 1. The van der Waals surface area contributed by atoms with Crippen LogP contribution in [0.1, 0.15) is 38.7 Å². The maximum atomic E-state index is 11.8. The number of hydrogen-bond acceptors (Lipinski definition) is 6. The van der Waals surface area contributed by atoms with Crippen molar-refractivity contribution in [3.63, 3.8) is 0 Å². The molecule has 1 fully saturated rings. The average molecular weight is 372 g/mol. The van der Waals surface area contributed by atoms with Crippen molar-refractivity contribution in [3.05, 3.63) is 29.8 Å². The first kappa shape index (κ1) is 19.1. The van der Waals surface area contributed by atoms with Gasteiger partial charge in [0, 0.05) is 20.1 Å². The van der Waals surface area contributed by atoms with Crippen LogP contribution in [0.25, 0.3) is 0 Å². The van der Waals surface area contributed by atoms with Crippen molar-refractivity contribution in [2.45, 2.75) is 45.8 Å². The van der Waals surface area contributed by atoms with Gasteiger partial charge in [-0.1, -0.05) is 31.1 Å². The molecule has 8 nitrogen and oxygen atoms in total. The minimum absolute atomic E-state index is 0.0201. The predicted octanol–water partition coefficient (Wildman–Crippen LogP) is 1.84. The molecule has 0 aliphatic carbocycles. The predicted molar refractivity (Wildman–Crippen MR) is 103 cm³/mol. The molecular weight excluding hydrogens is 344 g/mol. The van der Waals surface area contributed by atoms with E-state index in [1.807, 2.05) is 19.1 Å². The van der Waals surface area contributed by atoms with E-state index in [1.54, 1.807) is 11.7 Å². The van der Waals surface area contributed by atoms with E-state index < -0.39 is 0 Å². The molecule has 1 saturated heterocycles. The van der Waals surface area contributed by atoms with Gasteiger partial charge in [-0.25, -0.2) is 4.68 Å². The van der Waals surface area contributed by atoms with Crippen LogP contribution in [-0.2, 0) is 11.3 Å². The Kier molecular flexibility index (Phi) is 5.93. The Labute approximate surface area is 159 Å². The second-order valence-electron chi connectivity index (χ2n) is 7.36. The molecule has 1 aliphatic heterocycles. The van der Waals surface area contributed by atoms with Crippen molar-refractivity contribution >= 4 is 11.9 Å². The number of nitrogens with one attached hydrogen (secondary N) is 1. The van der Waals surface area contributed by atoms with Crippen LogP contribution in [-0.4, -0.2) is 52.4 Å². The van der Waals surface area contributed by atoms with Crippen molar-refractivity contribution < 1.29 is 9.53 Å². The summed E-state index contributed by atoms with van der Waals surface area (Å²) in [5.74, 6) is 2.07. The van der Waals surface area contributed by atoms with Crippen molar-refractivity contribution in [3.8, 4) is 5.75 Å². The molecule has 0 saturated carbocycles. The van der Waals surface area contributed by atoms with E-state index in [0.717, 1.165) is 18.7 Å². The van der Waals surface area contributed by atoms with Crippen LogP contribution >= 0.6 is 0 Å². The van der Waals surface area contributed by atoms with E-state index in [0.29, 0.717) is 25.0 Å². The van der Waals surface area contributed by atoms with Crippen molar-refractivity contribution in [1.29, 1.82) is 0 Å². The number of rotatable bonds is 7. The standard InChI is InChI=1S/C19H28N6O2/c1-13(2)15-5-7-17(8-6-15)27-14(3)11-25-19(21-22-23-25)24-10-9-16(12-24)18(26)20-4/h5-8,13-14,16H,9-12H2,1-4H3,(H,20,26). The smallest absolute Gasteiger partial charge is 0.245 e. The summed E-state index contributed by atoms with van der Waals surface area (Å²) in [5.41, 5.74) is 1.29. The molecule has 1 aromatic carbocycles. The number of tetrazole rings is 1. The Morgan fingerprint density at radius 1 is 1.30 bits per heavy atom. The monoisotopic (exact) mass is 372 g/mol. The van der Waals surface area contributed by atoms with Crippen molar-refractivity contribution in [2.75, 3.05) is 25.0 Å². The fraction of sp³-hybridized carbons (Fsp3) is 0.579.